The zero-order valence-electron chi connectivity index (χ0n) is 17.7. The summed E-state index contributed by atoms with van der Waals surface area (Å²) < 4.78 is 6.86. The van der Waals surface area contributed by atoms with Gasteiger partial charge in [-0.1, -0.05) is 36.4 Å². The summed E-state index contributed by atoms with van der Waals surface area (Å²) in [6.45, 7) is 1.40. The Labute approximate surface area is 185 Å². The van der Waals surface area contributed by atoms with Crippen molar-refractivity contribution in [2.24, 2.45) is 5.92 Å². The van der Waals surface area contributed by atoms with Gasteiger partial charge in [0.15, 0.2) is 0 Å². The first-order valence-electron chi connectivity index (χ1n) is 10.7. The summed E-state index contributed by atoms with van der Waals surface area (Å²) in [4.78, 5) is 50.2. The monoisotopic (exact) mass is 438 g/mol. The van der Waals surface area contributed by atoms with Gasteiger partial charge in [0, 0.05) is 37.3 Å². The number of nitrogens with zero attached hydrogens (tertiary/aromatic N) is 2. The molecule has 4 rings (SSSR count). The van der Waals surface area contributed by atoms with Crippen LogP contribution in [0.25, 0.3) is 0 Å². The number of amides is 3. The predicted molar refractivity (Wildman–Crippen MR) is 116 cm³/mol. The second-order valence-corrected chi connectivity index (χ2v) is 8.19. The quantitative estimate of drug-likeness (QED) is 0.695. The van der Waals surface area contributed by atoms with Gasteiger partial charge >= 0.3 is 6.09 Å². The summed E-state index contributed by atoms with van der Waals surface area (Å²) in [7, 11) is 0. The third kappa shape index (κ3) is 5.16. The smallest absolute Gasteiger partial charge is 0.407 e. The molecule has 0 aliphatic carbocycles. The number of carbonyl (C=O) groups excluding carboxylic acids is 3. The minimum Gasteiger partial charge on any atom is -0.445 e. The predicted octanol–water partition coefficient (Wildman–Crippen LogP) is 0.837. The molecule has 1 fully saturated rings. The van der Waals surface area contributed by atoms with Gasteiger partial charge in [-0.3, -0.25) is 14.4 Å². The van der Waals surface area contributed by atoms with Crippen LogP contribution in [-0.2, 0) is 27.5 Å². The molecular weight excluding hydrogens is 412 g/mol. The van der Waals surface area contributed by atoms with Crippen LogP contribution in [0.4, 0.5) is 4.79 Å². The average molecular weight is 438 g/mol. The number of aromatic nitrogens is 1. The molecule has 2 aromatic rings. The number of carbonyl (C=O) groups is 3. The third-order valence-electron chi connectivity index (χ3n) is 5.88. The topological polar surface area (TPSA) is 110 Å². The Balaban J connectivity index is 1.20. The van der Waals surface area contributed by atoms with E-state index in [9.17, 15) is 19.2 Å². The number of alkyl carbamates (subject to hydrolysis) is 1. The van der Waals surface area contributed by atoms with Crippen LogP contribution >= 0.6 is 0 Å². The summed E-state index contributed by atoms with van der Waals surface area (Å²) in [6.07, 6.45) is 0.252. The Hall–Kier alpha value is -3.62. The van der Waals surface area contributed by atoms with Crippen molar-refractivity contribution in [3.63, 3.8) is 0 Å². The van der Waals surface area contributed by atoms with Gasteiger partial charge in [0.2, 0.25) is 11.8 Å². The fourth-order valence-corrected chi connectivity index (χ4v) is 4.38. The van der Waals surface area contributed by atoms with Gasteiger partial charge in [0.25, 0.3) is 5.56 Å². The van der Waals surface area contributed by atoms with E-state index in [-0.39, 0.29) is 43.0 Å². The molecule has 1 aromatic heterocycles. The zero-order valence-corrected chi connectivity index (χ0v) is 17.7. The summed E-state index contributed by atoms with van der Waals surface area (Å²) in [5.74, 6) is -0.297. The molecule has 0 saturated carbocycles. The van der Waals surface area contributed by atoms with Gasteiger partial charge in [0.1, 0.15) is 13.2 Å². The molecule has 2 aliphatic rings. The third-order valence-corrected chi connectivity index (χ3v) is 5.88. The molecule has 0 radical (unpaired) electrons. The van der Waals surface area contributed by atoms with Crippen molar-refractivity contribution in [3.8, 4) is 0 Å². The first-order chi connectivity index (χ1) is 15.5. The Kier molecular flexibility index (Phi) is 6.53. The van der Waals surface area contributed by atoms with Crippen molar-refractivity contribution in [2.75, 3.05) is 26.2 Å². The van der Waals surface area contributed by atoms with Gasteiger partial charge < -0.3 is 24.8 Å². The molecule has 2 N–H and O–H groups in total. The highest BCUT2D eigenvalue weighted by atomic mass is 16.5. The molecular formula is C23H26N4O5. The van der Waals surface area contributed by atoms with E-state index in [0.717, 1.165) is 17.7 Å². The van der Waals surface area contributed by atoms with E-state index < -0.39 is 12.0 Å². The van der Waals surface area contributed by atoms with Crippen molar-refractivity contribution in [1.29, 1.82) is 0 Å². The van der Waals surface area contributed by atoms with Crippen LogP contribution in [0.2, 0.25) is 0 Å². The molecule has 3 amide bonds. The fourth-order valence-electron chi connectivity index (χ4n) is 4.38. The SMILES string of the molecule is O=C(CNC(=O)OCc1ccccc1)NCC(=O)N1C[C@@H]2C[C@@H](C1)c1cccc(=O)n1C2. The number of benzene rings is 1. The van der Waals surface area contributed by atoms with Crippen LogP contribution < -0.4 is 16.2 Å². The molecule has 0 unspecified atom stereocenters. The van der Waals surface area contributed by atoms with E-state index in [1.165, 1.54) is 0 Å². The van der Waals surface area contributed by atoms with Crippen LogP contribution in [0.3, 0.4) is 0 Å². The number of fused-ring (bicyclic) bond motifs is 4. The first kappa shape index (κ1) is 21.6. The fraction of sp³-hybridized carbons (Fsp3) is 0.391. The average Bonchev–Trinajstić information content (AvgIpc) is 2.81. The number of hydrogen-bond acceptors (Lipinski definition) is 5. The van der Waals surface area contributed by atoms with E-state index in [2.05, 4.69) is 10.6 Å². The molecule has 1 saturated heterocycles. The van der Waals surface area contributed by atoms with Crippen molar-refractivity contribution in [1.82, 2.24) is 20.1 Å². The lowest BCUT2D eigenvalue weighted by Gasteiger charge is -2.42. The molecule has 2 aliphatic heterocycles. The van der Waals surface area contributed by atoms with Gasteiger partial charge in [0.05, 0.1) is 6.54 Å². The summed E-state index contributed by atoms with van der Waals surface area (Å²) in [5, 5.41) is 4.92. The molecule has 0 spiro atoms. The number of likely N-dealkylation sites (tertiary alicyclic amines) is 1. The standard InChI is InChI=1S/C23H26N4O5/c28-20(10-25-23(31)32-15-16-5-2-1-3-6-16)24-11-22(30)26-12-17-9-18(14-26)19-7-4-8-21(29)27(19)13-17/h1-8,17-18H,9-15H2,(H,24,28)(H,25,31)/t17-,18-/m0/s1. The molecule has 9 nitrogen and oxygen atoms in total. The van der Waals surface area contributed by atoms with Gasteiger partial charge in [-0.05, 0) is 24.0 Å². The number of nitrogens with one attached hydrogen (secondary N) is 2. The normalized spacial score (nSPS) is 18.9. The van der Waals surface area contributed by atoms with Crippen LogP contribution in [0.5, 0.6) is 0 Å². The second-order valence-electron chi connectivity index (χ2n) is 8.19. The Morgan fingerprint density at radius 1 is 0.938 bits per heavy atom. The minimum absolute atomic E-state index is 0.000893. The molecule has 168 valence electrons. The first-order valence-corrected chi connectivity index (χ1v) is 10.7. The zero-order chi connectivity index (χ0) is 22.5. The molecule has 2 atom stereocenters. The van der Waals surface area contributed by atoms with Crippen molar-refractivity contribution < 1.29 is 19.1 Å². The van der Waals surface area contributed by atoms with E-state index in [4.69, 9.17) is 4.74 Å². The Morgan fingerprint density at radius 2 is 1.75 bits per heavy atom. The minimum atomic E-state index is -0.701. The Bertz CT molecular complexity index is 1050. The van der Waals surface area contributed by atoms with Crippen molar-refractivity contribution in [3.05, 3.63) is 70.1 Å². The van der Waals surface area contributed by atoms with E-state index in [1.807, 2.05) is 41.0 Å². The molecule has 9 heteroatoms. The van der Waals surface area contributed by atoms with Gasteiger partial charge in [-0.2, -0.15) is 0 Å². The van der Waals surface area contributed by atoms with Gasteiger partial charge in [-0.15, -0.1) is 0 Å². The maximum Gasteiger partial charge on any atom is 0.407 e. The molecule has 3 heterocycles. The number of pyridine rings is 1. The molecule has 1 aromatic carbocycles. The highest BCUT2D eigenvalue weighted by molar-refractivity contribution is 5.87. The lowest BCUT2D eigenvalue weighted by Crippen LogP contribution is -2.51. The molecule has 32 heavy (non-hydrogen) atoms. The van der Waals surface area contributed by atoms with E-state index in [1.54, 1.807) is 17.0 Å². The van der Waals surface area contributed by atoms with Crippen LogP contribution in [0, 0.1) is 5.92 Å². The lowest BCUT2D eigenvalue weighted by atomic mass is 9.83. The van der Waals surface area contributed by atoms with E-state index in [0.29, 0.717) is 19.6 Å². The van der Waals surface area contributed by atoms with Gasteiger partial charge in [-0.25, -0.2) is 4.79 Å². The summed E-state index contributed by atoms with van der Waals surface area (Å²) in [5.41, 5.74) is 1.81. The Morgan fingerprint density at radius 3 is 2.56 bits per heavy atom. The van der Waals surface area contributed by atoms with Crippen LogP contribution in [-0.4, -0.2) is 53.6 Å². The van der Waals surface area contributed by atoms with Crippen molar-refractivity contribution >= 4 is 17.9 Å². The number of ether oxygens (including phenoxy) is 1. The lowest BCUT2D eigenvalue weighted by molar-refractivity contribution is -0.135. The number of rotatable bonds is 6. The largest absolute Gasteiger partial charge is 0.445 e. The second kappa shape index (κ2) is 9.67. The van der Waals surface area contributed by atoms with Crippen molar-refractivity contribution in [2.45, 2.75) is 25.5 Å². The molecule has 2 bridgehead atoms. The number of piperidine rings is 1. The summed E-state index contributed by atoms with van der Waals surface area (Å²) >= 11 is 0. The number of hydrogen-bond donors (Lipinski definition) is 2. The highest BCUT2D eigenvalue weighted by Crippen LogP contribution is 2.34. The van der Waals surface area contributed by atoms with Crippen LogP contribution in [0.15, 0.2) is 53.3 Å². The van der Waals surface area contributed by atoms with E-state index >= 15 is 0 Å². The maximum absolute atomic E-state index is 12.6. The van der Waals surface area contributed by atoms with Crippen LogP contribution in [0.1, 0.15) is 23.6 Å². The highest BCUT2D eigenvalue weighted by Gasteiger charge is 2.36. The maximum atomic E-state index is 12.6. The summed E-state index contributed by atoms with van der Waals surface area (Å²) in [6, 6.07) is 14.5.